The molecule has 0 bridgehead atoms. The lowest BCUT2D eigenvalue weighted by Crippen LogP contribution is -2.53. The fraction of sp³-hybridized carbons (Fsp3) is 0.394. The van der Waals surface area contributed by atoms with Gasteiger partial charge in [-0.05, 0) is 73.4 Å². The Bertz CT molecular complexity index is 1460. The summed E-state index contributed by atoms with van der Waals surface area (Å²) < 4.78 is 28.1. The summed E-state index contributed by atoms with van der Waals surface area (Å²) in [6.07, 6.45) is 7.13. The van der Waals surface area contributed by atoms with Crippen LogP contribution in [0.3, 0.4) is 0 Å². The summed E-state index contributed by atoms with van der Waals surface area (Å²) in [5.74, 6) is 0.212. The minimum absolute atomic E-state index is 0.0356. The topological polar surface area (TPSA) is 91.8 Å². The van der Waals surface area contributed by atoms with Crippen LogP contribution in [-0.4, -0.2) is 43.4 Å². The van der Waals surface area contributed by atoms with Gasteiger partial charge in [0.2, 0.25) is 5.91 Å². The van der Waals surface area contributed by atoms with Gasteiger partial charge in [0.15, 0.2) is 9.84 Å². The lowest BCUT2D eigenvalue weighted by Gasteiger charge is -2.43. The number of benzene rings is 3. The van der Waals surface area contributed by atoms with Crippen molar-refractivity contribution in [1.29, 1.82) is 0 Å². The highest BCUT2D eigenvalue weighted by Gasteiger charge is 2.61. The number of carbonyl (C=O) groups excluding carboxylic acids is 1. The van der Waals surface area contributed by atoms with Crippen LogP contribution in [0.2, 0.25) is 0 Å². The summed E-state index contributed by atoms with van der Waals surface area (Å²) in [7, 11) is -3.76. The average Bonchev–Trinajstić information content (AvgIpc) is 3.40. The van der Waals surface area contributed by atoms with E-state index >= 15 is 0 Å². The van der Waals surface area contributed by atoms with E-state index in [0.29, 0.717) is 24.3 Å². The van der Waals surface area contributed by atoms with Crippen molar-refractivity contribution in [3.8, 4) is 11.1 Å². The number of sulfone groups is 1. The standard InChI is InChI=1S/C32H35NO3S.CH2O2/c1-23-12-16-28(17-13-23)37(35,36)32-20-21-33(31(34)25-10-6-3-7-11-25)30(32)19-15-27-22-26(14-18-29(27)32)24-8-4-2-5-9-24;2-1-3/h2,4-5,8-9,12-14,16-18,22,25,30H,3,6-7,10-11,15,19-21H2,1H3;1H,(H,2,3). The van der Waals surface area contributed by atoms with Gasteiger partial charge in [0.1, 0.15) is 4.75 Å². The smallest absolute Gasteiger partial charge is 0.290 e. The number of carbonyl (C=O) groups is 2. The Hall–Kier alpha value is -3.45. The number of hydrogen-bond donors (Lipinski definition) is 1. The predicted octanol–water partition coefficient (Wildman–Crippen LogP) is 6.16. The molecule has 3 aliphatic rings. The Balaban J connectivity index is 0.00000103. The van der Waals surface area contributed by atoms with Crippen molar-refractivity contribution in [3.05, 3.63) is 89.5 Å². The normalized spacial score (nSPS) is 22.4. The molecule has 1 saturated carbocycles. The molecule has 0 radical (unpaired) electrons. The fourth-order valence-corrected chi connectivity index (χ4v) is 9.48. The van der Waals surface area contributed by atoms with E-state index in [1.54, 1.807) is 12.1 Å². The number of amides is 1. The van der Waals surface area contributed by atoms with Gasteiger partial charge in [-0.2, -0.15) is 0 Å². The SMILES string of the molecule is Cc1ccc(S(=O)(=O)C23CCN(C(=O)C4CCCCC4)C2CCc2cc(-c4ccccc4)ccc23)cc1.O=CO. The van der Waals surface area contributed by atoms with E-state index in [1.165, 1.54) is 6.42 Å². The van der Waals surface area contributed by atoms with Crippen molar-refractivity contribution in [3.63, 3.8) is 0 Å². The fourth-order valence-electron chi connectivity index (χ4n) is 7.11. The third kappa shape index (κ3) is 4.85. The van der Waals surface area contributed by atoms with Crippen molar-refractivity contribution in [2.75, 3.05) is 6.54 Å². The van der Waals surface area contributed by atoms with E-state index in [9.17, 15) is 13.2 Å². The molecule has 6 rings (SSSR count). The summed E-state index contributed by atoms with van der Waals surface area (Å²) in [5.41, 5.74) is 5.26. The van der Waals surface area contributed by atoms with Crippen LogP contribution in [0.25, 0.3) is 11.1 Å². The summed E-state index contributed by atoms with van der Waals surface area (Å²) in [5, 5.41) is 6.89. The molecule has 3 aromatic rings. The molecule has 1 amide bonds. The molecule has 0 aromatic heterocycles. The Morgan fingerprint density at radius 3 is 2.27 bits per heavy atom. The molecule has 1 N–H and O–H groups in total. The largest absolute Gasteiger partial charge is 0.483 e. The van der Waals surface area contributed by atoms with E-state index < -0.39 is 14.6 Å². The molecule has 2 fully saturated rings. The maximum atomic E-state index is 14.6. The Morgan fingerprint density at radius 1 is 0.925 bits per heavy atom. The first kappa shape index (κ1) is 28.1. The maximum absolute atomic E-state index is 14.6. The number of carboxylic acid groups (broad SMARTS) is 1. The molecule has 3 aromatic carbocycles. The third-order valence-corrected chi connectivity index (χ3v) is 11.6. The number of fused-ring (bicyclic) bond motifs is 3. The van der Waals surface area contributed by atoms with Gasteiger partial charge in [-0.3, -0.25) is 9.59 Å². The van der Waals surface area contributed by atoms with Crippen LogP contribution in [0, 0.1) is 12.8 Å². The highest BCUT2D eigenvalue weighted by Crippen LogP contribution is 2.53. The zero-order chi connectivity index (χ0) is 28.3. The monoisotopic (exact) mass is 559 g/mol. The van der Waals surface area contributed by atoms with Crippen molar-refractivity contribution in [2.24, 2.45) is 5.92 Å². The Kier molecular flexibility index (Phi) is 8.13. The molecule has 2 atom stereocenters. The molecule has 6 nitrogen and oxygen atoms in total. The van der Waals surface area contributed by atoms with Crippen LogP contribution >= 0.6 is 0 Å². The van der Waals surface area contributed by atoms with Crippen LogP contribution in [0.1, 0.15) is 61.6 Å². The second kappa shape index (κ2) is 11.6. The molecule has 40 heavy (non-hydrogen) atoms. The van der Waals surface area contributed by atoms with E-state index in [1.807, 2.05) is 48.2 Å². The molecular weight excluding hydrogens is 522 g/mol. The zero-order valence-electron chi connectivity index (χ0n) is 23.0. The molecule has 7 heteroatoms. The van der Waals surface area contributed by atoms with Gasteiger partial charge in [0.25, 0.3) is 6.47 Å². The zero-order valence-corrected chi connectivity index (χ0v) is 23.8. The summed E-state index contributed by atoms with van der Waals surface area (Å²) in [6, 6.07) is 23.4. The summed E-state index contributed by atoms with van der Waals surface area (Å²) >= 11 is 0. The Labute approximate surface area is 237 Å². The number of likely N-dealkylation sites (tertiary alicyclic amines) is 1. The van der Waals surface area contributed by atoms with Crippen molar-refractivity contribution >= 4 is 22.2 Å². The summed E-state index contributed by atoms with van der Waals surface area (Å²) in [4.78, 5) is 24.5. The minimum atomic E-state index is -3.76. The number of rotatable bonds is 4. The first-order valence-electron chi connectivity index (χ1n) is 14.2. The van der Waals surface area contributed by atoms with Gasteiger partial charge in [-0.1, -0.05) is 85.5 Å². The minimum Gasteiger partial charge on any atom is -0.483 e. The Morgan fingerprint density at radius 2 is 1.60 bits per heavy atom. The first-order chi connectivity index (χ1) is 19.3. The summed E-state index contributed by atoms with van der Waals surface area (Å²) in [6.45, 7) is 2.23. The van der Waals surface area contributed by atoms with Gasteiger partial charge >= 0.3 is 0 Å². The predicted molar refractivity (Wildman–Crippen MR) is 156 cm³/mol. The average molecular weight is 560 g/mol. The van der Waals surface area contributed by atoms with E-state index in [-0.39, 0.29) is 24.3 Å². The second-order valence-electron chi connectivity index (χ2n) is 11.2. The van der Waals surface area contributed by atoms with E-state index in [0.717, 1.165) is 59.9 Å². The van der Waals surface area contributed by atoms with Gasteiger partial charge < -0.3 is 10.0 Å². The van der Waals surface area contributed by atoms with E-state index in [2.05, 4.69) is 24.3 Å². The van der Waals surface area contributed by atoms with Crippen LogP contribution in [0.5, 0.6) is 0 Å². The van der Waals surface area contributed by atoms with Gasteiger partial charge in [-0.25, -0.2) is 8.42 Å². The van der Waals surface area contributed by atoms with E-state index in [4.69, 9.17) is 9.90 Å². The van der Waals surface area contributed by atoms with Crippen molar-refractivity contribution < 1.29 is 23.1 Å². The number of aryl methyl sites for hydroxylation is 2. The van der Waals surface area contributed by atoms with Crippen LogP contribution in [0.4, 0.5) is 0 Å². The van der Waals surface area contributed by atoms with Gasteiger partial charge in [0.05, 0.1) is 10.9 Å². The van der Waals surface area contributed by atoms with Gasteiger partial charge in [-0.15, -0.1) is 0 Å². The lowest BCUT2D eigenvalue weighted by molar-refractivity contribution is -0.137. The number of hydrogen-bond acceptors (Lipinski definition) is 4. The highest BCUT2D eigenvalue weighted by atomic mass is 32.2. The van der Waals surface area contributed by atoms with Crippen LogP contribution < -0.4 is 0 Å². The number of nitrogens with zero attached hydrogens (tertiary/aromatic N) is 1. The molecule has 1 saturated heterocycles. The highest BCUT2D eigenvalue weighted by molar-refractivity contribution is 7.92. The molecule has 210 valence electrons. The van der Waals surface area contributed by atoms with Crippen LogP contribution in [0.15, 0.2) is 77.7 Å². The van der Waals surface area contributed by atoms with Crippen LogP contribution in [-0.2, 0) is 30.6 Å². The molecule has 2 unspecified atom stereocenters. The lowest BCUT2D eigenvalue weighted by atomic mass is 9.77. The van der Waals surface area contributed by atoms with Crippen molar-refractivity contribution in [1.82, 2.24) is 4.90 Å². The third-order valence-electron chi connectivity index (χ3n) is 9.04. The maximum Gasteiger partial charge on any atom is 0.290 e. The second-order valence-corrected chi connectivity index (χ2v) is 13.4. The molecule has 0 spiro atoms. The quantitative estimate of drug-likeness (QED) is 0.387. The van der Waals surface area contributed by atoms with Crippen molar-refractivity contribution in [2.45, 2.75) is 74.0 Å². The van der Waals surface area contributed by atoms with Gasteiger partial charge in [0, 0.05) is 12.5 Å². The molecule has 1 aliphatic heterocycles. The molecule has 1 heterocycles. The molecule has 2 aliphatic carbocycles. The molecular formula is C33H37NO5S. The first-order valence-corrected chi connectivity index (χ1v) is 15.7.